The maximum atomic E-state index is 13.7. The lowest BCUT2D eigenvalue weighted by Crippen LogP contribution is -2.35. The number of hydrogen-bond acceptors (Lipinski definition) is 2. The van der Waals surface area contributed by atoms with Gasteiger partial charge in [0.2, 0.25) is 5.91 Å². The van der Waals surface area contributed by atoms with Crippen molar-refractivity contribution in [3.05, 3.63) is 71.3 Å². The molecule has 1 amide bonds. The highest BCUT2D eigenvalue weighted by Gasteiger charge is 2.12. The van der Waals surface area contributed by atoms with Crippen LogP contribution in [0, 0.1) is 11.6 Å². The summed E-state index contributed by atoms with van der Waals surface area (Å²) in [4.78, 5) is 11.8. The standard InChI is InChI=1S/C19H22F2N2O/c1-14(17-10-9-16(20)12-18(17)21)23-13-19(24)22-11-5-8-15-6-3-2-4-7-15/h2-4,6-7,9-10,12,14,23H,5,8,11,13H2,1H3,(H,22,24)/t14-/m0/s1. The molecule has 2 N–H and O–H groups in total. The van der Waals surface area contributed by atoms with Crippen LogP contribution >= 0.6 is 0 Å². The maximum Gasteiger partial charge on any atom is 0.233 e. The zero-order chi connectivity index (χ0) is 17.4. The molecule has 2 aromatic rings. The van der Waals surface area contributed by atoms with Gasteiger partial charge in [0.25, 0.3) is 0 Å². The molecule has 0 radical (unpaired) electrons. The van der Waals surface area contributed by atoms with Crippen LogP contribution in [0.2, 0.25) is 0 Å². The molecule has 0 saturated carbocycles. The molecule has 0 aliphatic carbocycles. The molecule has 128 valence electrons. The number of benzene rings is 2. The predicted molar refractivity (Wildman–Crippen MR) is 90.5 cm³/mol. The van der Waals surface area contributed by atoms with Crippen molar-refractivity contribution in [2.24, 2.45) is 0 Å². The van der Waals surface area contributed by atoms with Crippen molar-refractivity contribution in [1.29, 1.82) is 0 Å². The van der Waals surface area contributed by atoms with E-state index >= 15 is 0 Å². The molecule has 0 aliphatic heterocycles. The second-order valence-electron chi connectivity index (χ2n) is 5.71. The molecule has 0 heterocycles. The van der Waals surface area contributed by atoms with E-state index in [-0.39, 0.29) is 18.5 Å². The Balaban J connectivity index is 1.67. The Morgan fingerprint density at radius 3 is 2.58 bits per heavy atom. The van der Waals surface area contributed by atoms with Crippen molar-refractivity contribution in [2.75, 3.05) is 13.1 Å². The van der Waals surface area contributed by atoms with Crippen molar-refractivity contribution in [3.8, 4) is 0 Å². The number of halogens is 2. The average Bonchev–Trinajstić information content (AvgIpc) is 2.57. The number of aryl methyl sites for hydroxylation is 1. The van der Waals surface area contributed by atoms with Gasteiger partial charge in [-0.25, -0.2) is 8.78 Å². The molecule has 24 heavy (non-hydrogen) atoms. The van der Waals surface area contributed by atoms with Crippen LogP contribution in [-0.2, 0) is 11.2 Å². The fourth-order valence-electron chi connectivity index (χ4n) is 2.44. The number of nitrogens with one attached hydrogen (secondary N) is 2. The third kappa shape index (κ3) is 5.74. The smallest absolute Gasteiger partial charge is 0.233 e. The minimum absolute atomic E-state index is 0.0866. The lowest BCUT2D eigenvalue weighted by molar-refractivity contribution is -0.120. The summed E-state index contributed by atoms with van der Waals surface area (Å²) in [5.74, 6) is -1.37. The number of amides is 1. The SMILES string of the molecule is C[C@H](NCC(=O)NCCCc1ccccc1)c1ccc(F)cc1F. The van der Waals surface area contributed by atoms with Gasteiger partial charge in [0.1, 0.15) is 11.6 Å². The van der Waals surface area contributed by atoms with Crippen LogP contribution in [0.15, 0.2) is 48.5 Å². The highest BCUT2D eigenvalue weighted by Crippen LogP contribution is 2.17. The highest BCUT2D eigenvalue weighted by molar-refractivity contribution is 5.78. The fourth-order valence-corrected chi connectivity index (χ4v) is 2.44. The Kier molecular flexibility index (Phi) is 6.88. The summed E-state index contributed by atoms with van der Waals surface area (Å²) in [5.41, 5.74) is 1.58. The van der Waals surface area contributed by atoms with Gasteiger partial charge in [-0.2, -0.15) is 0 Å². The average molecular weight is 332 g/mol. The molecule has 0 bridgehead atoms. The van der Waals surface area contributed by atoms with Crippen LogP contribution in [0.5, 0.6) is 0 Å². The second kappa shape index (κ2) is 9.13. The first kappa shape index (κ1) is 18.1. The number of rotatable bonds is 8. The van der Waals surface area contributed by atoms with Crippen molar-refractivity contribution in [3.63, 3.8) is 0 Å². The minimum atomic E-state index is -0.613. The topological polar surface area (TPSA) is 41.1 Å². The molecule has 0 unspecified atom stereocenters. The third-order valence-electron chi connectivity index (χ3n) is 3.81. The Morgan fingerprint density at radius 2 is 1.88 bits per heavy atom. The van der Waals surface area contributed by atoms with Crippen LogP contribution in [0.3, 0.4) is 0 Å². The van der Waals surface area contributed by atoms with Gasteiger partial charge in [-0.15, -0.1) is 0 Å². The number of carbonyl (C=O) groups is 1. The van der Waals surface area contributed by atoms with E-state index in [4.69, 9.17) is 0 Å². The molecule has 0 aromatic heterocycles. The van der Waals surface area contributed by atoms with Crippen LogP contribution < -0.4 is 10.6 Å². The van der Waals surface area contributed by atoms with Crippen molar-refractivity contribution < 1.29 is 13.6 Å². The first-order valence-electron chi connectivity index (χ1n) is 8.05. The van der Waals surface area contributed by atoms with Crippen molar-refractivity contribution in [1.82, 2.24) is 10.6 Å². The minimum Gasteiger partial charge on any atom is -0.355 e. The summed E-state index contributed by atoms with van der Waals surface area (Å²) in [6.07, 6.45) is 1.77. The quantitative estimate of drug-likeness (QED) is 0.728. The zero-order valence-electron chi connectivity index (χ0n) is 13.7. The molecular weight excluding hydrogens is 310 g/mol. The molecule has 0 spiro atoms. The lowest BCUT2D eigenvalue weighted by Gasteiger charge is -2.15. The van der Waals surface area contributed by atoms with Crippen molar-refractivity contribution >= 4 is 5.91 Å². The van der Waals surface area contributed by atoms with Gasteiger partial charge in [-0.05, 0) is 31.4 Å². The summed E-state index contributed by atoms with van der Waals surface area (Å²) in [6, 6.07) is 13.1. The zero-order valence-corrected chi connectivity index (χ0v) is 13.7. The van der Waals surface area contributed by atoms with Gasteiger partial charge in [0, 0.05) is 24.2 Å². The molecule has 2 aromatic carbocycles. The Hall–Kier alpha value is -2.27. The van der Waals surface area contributed by atoms with E-state index in [9.17, 15) is 13.6 Å². The maximum absolute atomic E-state index is 13.7. The van der Waals surface area contributed by atoms with Gasteiger partial charge in [0.15, 0.2) is 0 Å². The third-order valence-corrected chi connectivity index (χ3v) is 3.81. The summed E-state index contributed by atoms with van der Waals surface area (Å²) < 4.78 is 26.6. The van der Waals surface area contributed by atoms with Crippen molar-refractivity contribution in [2.45, 2.75) is 25.8 Å². The summed E-state index contributed by atoms with van der Waals surface area (Å²) in [7, 11) is 0. The second-order valence-corrected chi connectivity index (χ2v) is 5.71. The lowest BCUT2D eigenvalue weighted by atomic mass is 10.1. The Labute approximate surface area is 141 Å². The van der Waals surface area contributed by atoms with Gasteiger partial charge in [-0.3, -0.25) is 4.79 Å². The monoisotopic (exact) mass is 332 g/mol. The van der Waals surface area contributed by atoms with E-state index in [0.29, 0.717) is 12.1 Å². The molecule has 5 heteroatoms. The molecule has 1 atom stereocenters. The fraction of sp³-hybridized carbons (Fsp3) is 0.316. The summed E-state index contributed by atoms with van der Waals surface area (Å²) in [6.45, 7) is 2.41. The molecule has 2 rings (SSSR count). The number of carbonyl (C=O) groups excluding carboxylic acids is 1. The number of hydrogen-bond donors (Lipinski definition) is 2. The molecule has 3 nitrogen and oxygen atoms in total. The normalized spacial score (nSPS) is 12.0. The predicted octanol–water partition coefficient (Wildman–Crippen LogP) is 3.36. The Bertz CT molecular complexity index is 662. The first-order valence-corrected chi connectivity index (χ1v) is 8.05. The van der Waals surface area contributed by atoms with Gasteiger partial charge < -0.3 is 10.6 Å². The van der Waals surface area contributed by atoms with E-state index in [2.05, 4.69) is 22.8 Å². The van der Waals surface area contributed by atoms with Gasteiger partial charge in [0.05, 0.1) is 6.54 Å². The van der Waals surface area contributed by atoms with Crippen LogP contribution in [0.1, 0.15) is 30.5 Å². The van der Waals surface area contributed by atoms with E-state index < -0.39 is 11.6 Å². The van der Waals surface area contributed by atoms with Gasteiger partial charge in [-0.1, -0.05) is 36.4 Å². The van der Waals surface area contributed by atoms with Crippen LogP contribution in [-0.4, -0.2) is 19.0 Å². The van der Waals surface area contributed by atoms with E-state index in [1.165, 1.54) is 17.7 Å². The summed E-state index contributed by atoms with van der Waals surface area (Å²) in [5, 5.41) is 5.77. The molecular formula is C19H22F2N2O. The van der Waals surface area contributed by atoms with Gasteiger partial charge >= 0.3 is 0 Å². The van der Waals surface area contributed by atoms with Crippen LogP contribution in [0.4, 0.5) is 8.78 Å². The highest BCUT2D eigenvalue weighted by atomic mass is 19.1. The Morgan fingerprint density at radius 1 is 1.12 bits per heavy atom. The largest absolute Gasteiger partial charge is 0.355 e. The first-order chi connectivity index (χ1) is 11.6. The molecule has 0 saturated heterocycles. The molecule has 0 fully saturated rings. The van der Waals surface area contributed by atoms with E-state index in [1.807, 2.05) is 18.2 Å². The van der Waals surface area contributed by atoms with E-state index in [1.54, 1.807) is 6.92 Å². The van der Waals surface area contributed by atoms with E-state index in [0.717, 1.165) is 18.9 Å². The summed E-state index contributed by atoms with van der Waals surface area (Å²) >= 11 is 0. The molecule has 0 aliphatic rings. The van der Waals surface area contributed by atoms with Crippen LogP contribution in [0.25, 0.3) is 0 Å².